The Bertz CT molecular complexity index is 251. The van der Waals surface area contributed by atoms with Crippen LogP contribution < -0.4 is 0 Å². The van der Waals surface area contributed by atoms with E-state index < -0.39 is 16.8 Å². The lowest BCUT2D eigenvalue weighted by molar-refractivity contribution is -0.480. The Kier molecular flexibility index (Phi) is 6.24. The molecular weight excluding hydrogens is 202 g/mol. The predicted octanol–water partition coefficient (Wildman–Crippen LogP) is 0.812. The molecule has 0 bridgehead atoms. The monoisotopic (exact) mass is 217 g/mol. The van der Waals surface area contributed by atoms with E-state index in [1.54, 1.807) is 6.92 Å². The molecule has 0 N–H and O–H groups in total. The van der Waals surface area contributed by atoms with E-state index in [-0.39, 0.29) is 31.6 Å². The minimum atomic E-state index is -0.474. The van der Waals surface area contributed by atoms with Gasteiger partial charge in [0.15, 0.2) is 0 Å². The van der Waals surface area contributed by atoms with Crippen molar-refractivity contribution >= 4 is 11.8 Å². The number of hydrogen-bond donors (Lipinski definition) is 0. The zero-order chi connectivity index (χ0) is 11.8. The Hall–Kier alpha value is -1.46. The summed E-state index contributed by atoms with van der Waals surface area (Å²) in [6, 6.07) is 0. The molecule has 0 aromatic heterocycles. The van der Waals surface area contributed by atoms with Crippen LogP contribution in [0.15, 0.2) is 0 Å². The van der Waals surface area contributed by atoms with Crippen LogP contribution in [0.2, 0.25) is 0 Å². The third-order valence-corrected chi connectivity index (χ3v) is 1.93. The first kappa shape index (κ1) is 13.5. The summed E-state index contributed by atoms with van der Waals surface area (Å²) in [5, 5.41) is 9.98. The van der Waals surface area contributed by atoms with E-state index in [0.29, 0.717) is 0 Å². The number of nitrogens with zero attached hydrogens (tertiary/aromatic N) is 1. The third kappa shape index (κ3) is 6.59. The fourth-order valence-corrected chi connectivity index (χ4v) is 1.13. The maximum absolute atomic E-state index is 11.2. The summed E-state index contributed by atoms with van der Waals surface area (Å²) < 4.78 is 4.46. The molecule has 0 aliphatic rings. The number of carbonyl (C=O) groups excluding carboxylic acids is 2. The molecule has 0 spiro atoms. The van der Waals surface area contributed by atoms with Crippen LogP contribution in [0.5, 0.6) is 0 Å². The molecule has 1 unspecified atom stereocenters. The van der Waals surface area contributed by atoms with Gasteiger partial charge < -0.3 is 4.74 Å². The molecule has 6 heteroatoms. The highest BCUT2D eigenvalue weighted by molar-refractivity contribution is 5.84. The van der Waals surface area contributed by atoms with E-state index in [9.17, 15) is 19.7 Å². The molecule has 0 saturated heterocycles. The number of hydrogen-bond acceptors (Lipinski definition) is 5. The number of ketones is 1. The average molecular weight is 217 g/mol. The number of carbonyl (C=O) groups is 2. The smallest absolute Gasteiger partial charge is 0.308 e. The summed E-state index contributed by atoms with van der Waals surface area (Å²) in [5.74, 6) is -1.05. The Labute approximate surface area is 87.7 Å². The van der Waals surface area contributed by atoms with E-state index in [1.165, 1.54) is 7.11 Å². The first-order chi connectivity index (χ1) is 6.97. The maximum atomic E-state index is 11.2. The summed E-state index contributed by atoms with van der Waals surface area (Å²) in [4.78, 5) is 31.7. The molecule has 0 aliphatic heterocycles. The summed E-state index contributed by atoms with van der Waals surface area (Å²) in [6.45, 7) is 1.38. The standard InChI is InChI=1S/C9H15NO5/c1-7(9(12)15-2)6-8(11)4-3-5-10(13)14/h7H,3-6H2,1-2H3. The SMILES string of the molecule is COC(=O)C(C)CC(=O)CCC[N+](=O)[O-]. The maximum Gasteiger partial charge on any atom is 0.308 e. The van der Waals surface area contributed by atoms with Gasteiger partial charge in [-0.1, -0.05) is 6.92 Å². The number of nitro groups is 1. The van der Waals surface area contributed by atoms with Gasteiger partial charge in [0.05, 0.1) is 13.0 Å². The van der Waals surface area contributed by atoms with Crippen LogP contribution >= 0.6 is 0 Å². The molecule has 0 fully saturated rings. The van der Waals surface area contributed by atoms with Crippen molar-refractivity contribution in [1.29, 1.82) is 0 Å². The van der Waals surface area contributed by atoms with Gasteiger partial charge >= 0.3 is 5.97 Å². The normalized spacial score (nSPS) is 11.9. The quantitative estimate of drug-likeness (QED) is 0.358. The summed E-state index contributed by atoms with van der Waals surface area (Å²) >= 11 is 0. The molecule has 0 aromatic carbocycles. The van der Waals surface area contributed by atoms with E-state index in [0.717, 1.165) is 0 Å². The third-order valence-electron chi connectivity index (χ3n) is 1.93. The van der Waals surface area contributed by atoms with Crippen LogP contribution in [-0.4, -0.2) is 30.3 Å². The van der Waals surface area contributed by atoms with Gasteiger partial charge in [0, 0.05) is 24.2 Å². The number of methoxy groups -OCH3 is 1. The summed E-state index contributed by atoms with van der Waals surface area (Å²) in [6.07, 6.45) is 0.451. The average Bonchev–Trinajstić information content (AvgIpc) is 2.15. The Balaban J connectivity index is 3.74. The van der Waals surface area contributed by atoms with Crippen molar-refractivity contribution in [2.24, 2.45) is 5.92 Å². The van der Waals surface area contributed by atoms with Crippen molar-refractivity contribution in [2.75, 3.05) is 13.7 Å². The van der Waals surface area contributed by atoms with Crippen molar-refractivity contribution in [3.63, 3.8) is 0 Å². The predicted molar refractivity (Wildman–Crippen MR) is 51.9 cm³/mol. The lowest BCUT2D eigenvalue weighted by atomic mass is 10.0. The van der Waals surface area contributed by atoms with Gasteiger partial charge in [0.1, 0.15) is 5.78 Å². The fraction of sp³-hybridized carbons (Fsp3) is 0.778. The first-order valence-electron chi connectivity index (χ1n) is 4.68. The Morgan fingerprint density at radius 3 is 2.53 bits per heavy atom. The minimum Gasteiger partial charge on any atom is -0.469 e. The van der Waals surface area contributed by atoms with Gasteiger partial charge in [-0.25, -0.2) is 0 Å². The van der Waals surface area contributed by atoms with Gasteiger partial charge in [-0.05, 0) is 0 Å². The molecular formula is C9H15NO5. The van der Waals surface area contributed by atoms with Crippen molar-refractivity contribution in [2.45, 2.75) is 26.2 Å². The van der Waals surface area contributed by atoms with Crippen LogP contribution in [0, 0.1) is 16.0 Å². The topological polar surface area (TPSA) is 86.5 Å². The number of esters is 1. The molecule has 0 rings (SSSR count). The van der Waals surface area contributed by atoms with Gasteiger partial charge in [0.2, 0.25) is 6.54 Å². The molecule has 0 amide bonds. The van der Waals surface area contributed by atoms with Crippen LogP contribution in [-0.2, 0) is 14.3 Å². The molecule has 0 aliphatic carbocycles. The second kappa shape index (κ2) is 6.92. The molecule has 0 aromatic rings. The molecule has 1 atom stereocenters. The molecule has 86 valence electrons. The number of rotatable bonds is 7. The lowest BCUT2D eigenvalue weighted by Crippen LogP contribution is -2.17. The largest absolute Gasteiger partial charge is 0.469 e. The summed E-state index contributed by atoms with van der Waals surface area (Å²) in [5.41, 5.74) is 0. The van der Waals surface area contributed by atoms with Crippen LogP contribution in [0.1, 0.15) is 26.2 Å². The Morgan fingerprint density at radius 2 is 2.07 bits per heavy atom. The first-order valence-corrected chi connectivity index (χ1v) is 4.68. The zero-order valence-corrected chi connectivity index (χ0v) is 8.89. The molecule has 15 heavy (non-hydrogen) atoms. The lowest BCUT2D eigenvalue weighted by Gasteiger charge is -2.06. The molecule has 6 nitrogen and oxygen atoms in total. The van der Waals surface area contributed by atoms with Gasteiger partial charge in [-0.3, -0.25) is 19.7 Å². The van der Waals surface area contributed by atoms with Gasteiger partial charge in [-0.15, -0.1) is 0 Å². The van der Waals surface area contributed by atoms with Crippen LogP contribution in [0.25, 0.3) is 0 Å². The van der Waals surface area contributed by atoms with Crippen LogP contribution in [0.3, 0.4) is 0 Å². The van der Waals surface area contributed by atoms with Gasteiger partial charge in [0.25, 0.3) is 0 Å². The van der Waals surface area contributed by atoms with Crippen molar-refractivity contribution < 1.29 is 19.2 Å². The van der Waals surface area contributed by atoms with E-state index in [2.05, 4.69) is 4.74 Å². The number of Topliss-reactive ketones (excluding diaryl/α,β-unsaturated/α-hetero) is 1. The van der Waals surface area contributed by atoms with E-state index >= 15 is 0 Å². The van der Waals surface area contributed by atoms with E-state index in [4.69, 9.17) is 0 Å². The zero-order valence-electron chi connectivity index (χ0n) is 8.89. The van der Waals surface area contributed by atoms with Crippen molar-refractivity contribution in [3.8, 4) is 0 Å². The second-order valence-electron chi connectivity index (χ2n) is 3.33. The molecule has 0 saturated carbocycles. The summed E-state index contributed by atoms with van der Waals surface area (Å²) in [7, 11) is 1.26. The van der Waals surface area contributed by atoms with E-state index in [1.807, 2.05) is 0 Å². The second-order valence-corrected chi connectivity index (χ2v) is 3.33. The van der Waals surface area contributed by atoms with Crippen molar-refractivity contribution in [3.05, 3.63) is 10.1 Å². The highest BCUT2D eigenvalue weighted by atomic mass is 16.6. The molecule has 0 heterocycles. The van der Waals surface area contributed by atoms with Crippen molar-refractivity contribution in [1.82, 2.24) is 0 Å². The fourth-order valence-electron chi connectivity index (χ4n) is 1.13. The molecule has 0 radical (unpaired) electrons. The van der Waals surface area contributed by atoms with Crippen LogP contribution in [0.4, 0.5) is 0 Å². The number of ether oxygens (including phenoxy) is 1. The van der Waals surface area contributed by atoms with Gasteiger partial charge in [-0.2, -0.15) is 0 Å². The highest BCUT2D eigenvalue weighted by Crippen LogP contribution is 2.07. The highest BCUT2D eigenvalue weighted by Gasteiger charge is 2.17. The Morgan fingerprint density at radius 1 is 1.47 bits per heavy atom. The minimum absolute atomic E-state index is 0.0877.